The first-order valence-electron chi connectivity index (χ1n) is 6.06. The minimum atomic E-state index is -0.571. The van der Waals surface area contributed by atoms with Crippen LogP contribution in [-0.2, 0) is 4.79 Å². The molecule has 0 aromatic heterocycles. The molecule has 19 heavy (non-hydrogen) atoms. The second kappa shape index (κ2) is 5.17. The Morgan fingerprint density at radius 3 is 2.89 bits per heavy atom. The number of hydrogen-bond acceptors (Lipinski definition) is 4. The molecule has 1 aromatic carbocycles. The second-order valence-electron chi connectivity index (χ2n) is 4.62. The highest BCUT2D eigenvalue weighted by atomic mass is 16.6. The van der Waals surface area contributed by atoms with E-state index >= 15 is 0 Å². The highest BCUT2D eigenvalue weighted by Gasteiger charge is 2.32. The quantitative estimate of drug-likeness (QED) is 0.471. The maximum absolute atomic E-state index is 12.4. The van der Waals surface area contributed by atoms with Crippen LogP contribution in [-0.4, -0.2) is 34.6 Å². The molecule has 1 heterocycles. The number of carbonyl (C=O) groups is 2. The van der Waals surface area contributed by atoms with Gasteiger partial charge >= 0.3 is 0 Å². The third-order valence-electron chi connectivity index (χ3n) is 3.30. The van der Waals surface area contributed by atoms with E-state index in [0.29, 0.717) is 13.0 Å². The number of rotatable bonds is 3. The van der Waals surface area contributed by atoms with E-state index < -0.39 is 16.9 Å². The fraction of sp³-hybridized carbons (Fsp3) is 0.385. The van der Waals surface area contributed by atoms with Gasteiger partial charge in [-0.3, -0.25) is 14.9 Å². The highest BCUT2D eigenvalue weighted by Crippen LogP contribution is 2.25. The van der Waals surface area contributed by atoms with Gasteiger partial charge in [0.2, 0.25) is 0 Å². The normalized spacial score (nSPS) is 18.4. The molecular formula is C13H14N2O4. The van der Waals surface area contributed by atoms with Gasteiger partial charge in [0.25, 0.3) is 11.6 Å². The summed E-state index contributed by atoms with van der Waals surface area (Å²) in [5.41, 5.74) is 0.613. The zero-order valence-electron chi connectivity index (χ0n) is 10.5. The summed E-state index contributed by atoms with van der Waals surface area (Å²) >= 11 is 0. The molecule has 1 amide bonds. The van der Waals surface area contributed by atoms with Gasteiger partial charge in [0.1, 0.15) is 11.8 Å². The monoisotopic (exact) mass is 262 g/mol. The summed E-state index contributed by atoms with van der Waals surface area (Å²) < 4.78 is 0. The van der Waals surface area contributed by atoms with Crippen molar-refractivity contribution in [3.05, 3.63) is 39.4 Å². The predicted molar refractivity (Wildman–Crippen MR) is 68.0 cm³/mol. The Kier molecular flexibility index (Phi) is 3.59. The standard InChI is InChI=1S/C13H14N2O4/c1-9-4-5-12(15(18)19)11(7-9)13(17)14-6-2-3-10(14)8-16/h4-5,7-8,10H,2-3,6H2,1H3/t10-/m0/s1. The Morgan fingerprint density at radius 1 is 1.53 bits per heavy atom. The zero-order valence-corrected chi connectivity index (χ0v) is 10.5. The third-order valence-corrected chi connectivity index (χ3v) is 3.30. The molecule has 1 fully saturated rings. The molecule has 0 unspecified atom stereocenters. The molecule has 0 spiro atoms. The summed E-state index contributed by atoms with van der Waals surface area (Å²) in [6.45, 7) is 2.23. The molecule has 0 aliphatic carbocycles. The molecule has 0 N–H and O–H groups in total. The lowest BCUT2D eigenvalue weighted by Crippen LogP contribution is -2.36. The largest absolute Gasteiger partial charge is 0.329 e. The van der Waals surface area contributed by atoms with Crippen molar-refractivity contribution in [2.45, 2.75) is 25.8 Å². The number of nitro benzene ring substituents is 1. The highest BCUT2D eigenvalue weighted by molar-refractivity contribution is 5.99. The van der Waals surface area contributed by atoms with Crippen molar-refractivity contribution in [1.29, 1.82) is 0 Å². The summed E-state index contributed by atoms with van der Waals surface area (Å²) in [5, 5.41) is 11.0. The van der Waals surface area contributed by atoms with Crippen molar-refractivity contribution in [2.75, 3.05) is 6.54 Å². The van der Waals surface area contributed by atoms with Crippen LogP contribution in [0.3, 0.4) is 0 Å². The van der Waals surface area contributed by atoms with Gasteiger partial charge in [0.05, 0.1) is 11.0 Å². The molecule has 6 nitrogen and oxygen atoms in total. The zero-order chi connectivity index (χ0) is 14.0. The number of aldehydes is 1. The van der Waals surface area contributed by atoms with Crippen LogP contribution in [0.25, 0.3) is 0 Å². The Morgan fingerprint density at radius 2 is 2.26 bits per heavy atom. The van der Waals surface area contributed by atoms with Crippen LogP contribution in [0.15, 0.2) is 18.2 Å². The number of aryl methyl sites for hydroxylation is 1. The minimum absolute atomic E-state index is 0.0544. The number of likely N-dealkylation sites (tertiary alicyclic amines) is 1. The van der Waals surface area contributed by atoms with Crippen LogP contribution in [0.4, 0.5) is 5.69 Å². The van der Waals surface area contributed by atoms with E-state index in [1.807, 2.05) is 0 Å². The van der Waals surface area contributed by atoms with Crippen molar-refractivity contribution in [3.63, 3.8) is 0 Å². The van der Waals surface area contributed by atoms with E-state index in [4.69, 9.17) is 0 Å². The van der Waals surface area contributed by atoms with E-state index in [-0.39, 0.29) is 11.3 Å². The third kappa shape index (κ3) is 2.47. The van der Waals surface area contributed by atoms with E-state index in [9.17, 15) is 19.7 Å². The molecule has 100 valence electrons. The lowest BCUT2D eigenvalue weighted by atomic mass is 10.1. The smallest absolute Gasteiger partial charge is 0.282 e. The maximum Gasteiger partial charge on any atom is 0.282 e. The van der Waals surface area contributed by atoms with Gasteiger partial charge in [-0.25, -0.2) is 0 Å². The van der Waals surface area contributed by atoms with Crippen LogP contribution in [0, 0.1) is 17.0 Å². The molecule has 1 aliphatic rings. The van der Waals surface area contributed by atoms with Crippen molar-refractivity contribution in [1.82, 2.24) is 4.90 Å². The van der Waals surface area contributed by atoms with Crippen molar-refractivity contribution in [3.8, 4) is 0 Å². The predicted octanol–water partition coefficient (Wildman–Crippen LogP) is 1.71. The van der Waals surface area contributed by atoms with Gasteiger partial charge < -0.3 is 9.69 Å². The Labute approximate surface area is 110 Å². The lowest BCUT2D eigenvalue weighted by Gasteiger charge is -2.20. The van der Waals surface area contributed by atoms with Gasteiger partial charge in [0, 0.05) is 12.6 Å². The molecule has 1 saturated heterocycles. The summed E-state index contributed by atoms with van der Waals surface area (Å²) in [6, 6.07) is 3.96. The Hall–Kier alpha value is -2.24. The van der Waals surface area contributed by atoms with E-state index in [0.717, 1.165) is 18.3 Å². The first-order valence-corrected chi connectivity index (χ1v) is 6.06. The van der Waals surface area contributed by atoms with Crippen LogP contribution >= 0.6 is 0 Å². The van der Waals surface area contributed by atoms with E-state index in [1.54, 1.807) is 13.0 Å². The summed E-state index contributed by atoms with van der Waals surface area (Å²) in [7, 11) is 0. The second-order valence-corrected chi connectivity index (χ2v) is 4.62. The van der Waals surface area contributed by atoms with Crippen molar-refractivity contribution in [2.24, 2.45) is 0 Å². The van der Waals surface area contributed by atoms with E-state index in [2.05, 4.69) is 0 Å². The molecule has 1 aromatic rings. The molecule has 0 bridgehead atoms. The molecule has 6 heteroatoms. The lowest BCUT2D eigenvalue weighted by molar-refractivity contribution is -0.385. The number of amides is 1. The topological polar surface area (TPSA) is 80.5 Å². The summed E-state index contributed by atoms with van der Waals surface area (Å²) in [5.74, 6) is -0.440. The van der Waals surface area contributed by atoms with E-state index in [1.165, 1.54) is 17.0 Å². The summed E-state index contributed by atoms with van der Waals surface area (Å²) in [4.78, 5) is 35.1. The number of hydrogen-bond donors (Lipinski definition) is 0. The van der Waals surface area contributed by atoms with Gasteiger partial charge in [-0.2, -0.15) is 0 Å². The Bertz CT molecular complexity index is 541. The summed E-state index contributed by atoms with van der Waals surface area (Å²) in [6.07, 6.45) is 2.09. The molecule has 1 atom stereocenters. The van der Waals surface area contributed by atoms with Crippen LogP contribution in [0.2, 0.25) is 0 Å². The number of carbonyl (C=O) groups excluding carboxylic acids is 2. The van der Waals surface area contributed by atoms with Gasteiger partial charge in [-0.15, -0.1) is 0 Å². The average molecular weight is 262 g/mol. The van der Waals surface area contributed by atoms with Crippen LogP contribution in [0.1, 0.15) is 28.8 Å². The fourth-order valence-electron chi connectivity index (χ4n) is 2.32. The first-order chi connectivity index (χ1) is 9.04. The van der Waals surface area contributed by atoms with Crippen LogP contribution < -0.4 is 0 Å². The molecule has 0 radical (unpaired) electrons. The van der Waals surface area contributed by atoms with Gasteiger partial charge in [-0.05, 0) is 31.4 Å². The Balaban J connectivity index is 2.40. The number of benzene rings is 1. The van der Waals surface area contributed by atoms with Crippen LogP contribution in [0.5, 0.6) is 0 Å². The number of nitro groups is 1. The minimum Gasteiger partial charge on any atom is -0.329 e. The fourth-order valence-corrected chi connectivity index (χ4v) is 2.32. The van der Waals surface area contributed by atoms with Crippen molar-refractivity contribution >= 4 is 17.9 Å². The molecule has 2 rings (SSSR count). The SMILES string of the molecule is Cc1ccc([N+](=O)[O-])c(C(=O)N2CCC[C@H]2C=O)c1. The molecule has 0 saturated carbocycles. The van der Waals surface area contributed by atoms with Gasteiger partial charge in [0.15, 0.2) is 0 Å². The van der Waals surface area contributed by atoms with Crippen molar-refractivity contribution < 1.29 is 14.5 Å². The molecule has 1 aliphatic heterocycles. The number of nitrogens with zero attached hydrogens (tertiary/aromatic N) is 2. The first kappa shape index (κ1) is 13.2. The maximum atomic E-state index is 12.4. The molecular weight excluding hydrogens is 248 g/mol. The average Bonchev–Trinajstić information content (AvgIpc) is 2.85. The van der Waals surface area contributed by atoms with Gasteiger partial charge in [-0.1, -0.05) is 6.07 Å².